The van der Waals surface area contributed by atoms with Crippen molar-refractivity contribution in [3.05, 3.63) is 29.8 Å². The van der Waals surface area contributed by atoms with E-state index < -0.39 is 0 Å². The van der Waals surface area contributed by atoms with Gasteiger partial charge in [-0.3, -0.25) is 0 Å². The Hall–Kier alpha value is -0.980. The summed E-state index contributed by atoms with van der Waals surface area (Å²) in [6.07, 6.45) is 7.05. The number of benzene rings is 1. The fraction of sp³-hybridized carbons (Fsp3) is 0.571. The maximum Gasteiger partial charge on any atom is 0.0361 e. The van der Waals surface area contributed by atoms with Gasteiger partial charge in [-0.05, 0) is 36.5 Å². The fourth-order valence-electron chi connectivity index (χ4n) is 2.48. The molecule has 0 saturated heterocycles. The Bertz CT molecular complexity index is 294. The van der Waals surface area contributed by atoms with Crippen molar-refractivity contribution in [3.63, 3.8) is 0 Å². The third kappa shape index (κ3) is 2.53. The first kappa shape index (κ1) is 10.5. The number of nitrogens with zero attached hydrogens (tertiary/aromatic N) is 1. The quantitative estimate of drug-likeness (QED) is 0.706. The van der Waals surface area contributed by atoms with Crippen LogP contribution >= 0.6 is 0 Å². The molecule has 1 aromatic rings. The molecular formula is C14H21N. The van der Waals surface area contributed by atoms with Gasteiger partial charge in [-0.2, -0.15) is 0 Å². The van der Waals surface area contributed by atoms with Crippen molar-refractivity contribution < 1.29 is 0 Å². The molecule has 0 bridgehead atoms. The van der Waals surface area contributed by atoms with E-state index in [4.69, 9.17) is 0 Å². The van der Waals surface area contributed by atoms with Crippen molar-refractivity contribution in [2.75, 3.05) is 19.0 Å². The van der Waals surface area contributed by atoms with Gasteiger partial charge in [0.15, 0.2) is 0 Å². The van der Waals surface area contributed by atoms with E-state index in [1.165, 1.54) is 37.8 Å². The highest BCUT2D eigenvalue weighted by Gasteiger charge is 2.14. The fourth-order valence-corrected chi connectivity index (χ4v) is 2.48. The Morgan fingerprint density at radius 2 is 1.53 bits per heavy atom. The lowest BCUT2D eigenvalue weighted by atomic mass is 9.84. The zero-order valence-corrected chi connectivity index (χ0v) is 9.87. The minimum atomic E-state index is 0.829. The molecule has 82 valence electrons. The zero-order valence-electron chi connectivity index (χ0n) is 9.87. The van der Waals surface area contributed by atoms with E-state index in [1.54, 1.807) is 5.56 Å². The number of anilines is 1. The average Bonchev–Trinajstić information content (AvgIpc) is 2.30. The van der Waals surface area contributed by atoms with Gasteiger partial charge in [-0.1, -0.05) is 31.4 Å². The third-order valence-corrected chi connectivity index (χ3v) is 3.49. The molecule has 15 heavy (non-hydrogen) atoms. The molecule has 0 N–H and O–H groups in total. The maximum atomic E-state index is 2.31. The lowest BCUT2D eigenvalue weighted by molar-refractivity contribution is 0.443. The first-order valence-corrected chi connectivity index (χ1v) is 6.04. The van der Waals surface area contributed by atoms with E-state index in [2.05, 4.69) is 43.3 Å². The zero-order chi connectivity index (χ0) is 10.7. The summed E-state index contributed by atoms with van der Waals surface area (Å²) in [6.45, 7) is 0. The lowest BCUT2D eigenvalue weighted by Gasteiger charge is -2.22. The summed E-state index contributed by atoms with van der Waals surface area (Å²) < 4.78 is 0. The Morgan fingerprint density at radius 3 is 2.07 bits per heavy atom. The molecule has 1 aliphatic carbocycles. The van der Waals surface area contributed by atoms with Crippen LogP contribution in [-0.2, 0) is 0 Å². The van der Waals surface area contributed by atoms with E-state index in [0.29, 0.717) is 0 Å². The van der Waals surface area contributed by atoms with Crippen molar-refractivity contribution in [1.82, 2.24) is 0 Å². The van der Waals surface area contributed by atoms with Crippen LogP contribution in [0.15, 0.2) is 24.3 Å². The van der Waals surface area contributed by atoms with Crippen molar-refractivity contribution in [2.24, 2.45) is 0 Å². The molecule has 0 spiro atoms. The van der Waals surface area contributed by atoms with Gasteiger partial charge in [0.2, 0.25) is 0 Å². The summed E-state index contributed by atoms with van der Waals surface area (Å²) in [7, 11) is 4.19. The Balaban J connectivity index is 2.08. The topological polar surface area (TPSA) is 3.24 Å². The molecule has 0 heterocycles. The number of rotatable bonds is 2. The second-order valence-corrected chi connectivity index (χ2v) is 4.82. The van der Waals surface area contributed by atoms with Crippen LogP contribution in [0.2, 0.25) is 0 Å². The molecule has 0 radical (unpaired) electrons. The van der Waals surface area contributed by atoms with Gasteiger partial charge < -0.3 is 4.90 Å². The molecule has 0 unspecified atom stereocenters. The van der Waals surface area contributed by atoms with Gasteiger partial charge in [0, 0.05) is 19.8 Å². The summed E-state index contributed by atoms with van der Waals surface area (Å²) in [6, 6.07) is 9.10. The molecule has 0 atom stereocenters. The molecule has 1 aromatic carbocycles. The molecule has 1 fully saturated rings. The highest BCUT2D eigenvalue weighted by molar-refractivity contribution is 5.46. The van der Waals surface area contributed by atoms with Crippen molar-refractivity contribution in [3.8, 4) is 0 Å². The van der Waals surface area contributed by atoms with Crippen molar-refractivity contribution >= 4 is 5.69 Å². The summed E-state index contributed by atoms with van der Waals surface area (Å²) in [5, 5.41) is 0. The first-order chi connectivity index (χ1) is 7.27. The summed E-state index contributed by atoms with van der Waals surface area (Å²) in [5.74, 6) is 0.829. The average molecular weight is 203 g/mol. The molecule has 1 saturated carbocycles. The molecule has 1 heteroatoms. The summed E-state index contributed by atoms with van der Waals surface area (Å²) in [5.41, 5.74) is 2.84. The number of hydrogen-bond donors (Lipinski definition) is 0. The SMILES string of the molecule is CN(C)c1ccc(C2CCCCC2)cc1. The molecule has 0 aromatic heterocycles. The summed E-state index contributed by atoms with van der Waals surface area (Å²) in [4.78, 5) is 2.16. The van der Waals surface area contributed by atoms with Crippen LogP contribution < -0.4 is 4.90 Å². The van der Waals surface area contributed by atoms with Gasteiger partial charge in [0.25, 0.3) is 0 Å². The molecule has 2 rings (SSSR count). The van der Waals surface area contributed by atoms with Crippen LogP contribution in [0.25, 0.3) is 0 Å². The predicted octanol–water partition coefficient (Wildman–Crippen LogP) is 3.80. The van der Waals surface area contributed by atoms with Gasteiger partial charge in [0.1, 0.15) is 0 Å². The molecule has 1 aliphatic rings. The van der Waals surface area contributed by atoms with Gasteiger partial charge >= 0.3 is 0 Å². The lowest BCUT2D eigenvalue weighted by Crippen LogP contribution is -2.09. The van der Waals surface area contributed by atoms with Crippen LogP contribution in [0.1, 0.15) is 43.6 Å². The summed E-state index contributed by atoms with van der Waals surface area (Å²) >= 11 is 0. The maximum absolute atomic E-state index is 2.31. The molecule has 1 nitrogen and oxygen atoms in total. The monoisotopic (exact) mass is 203 g/mol. The minimum absolute atomic E-state index is 0.829. The highest BCUT2D eigenvalue weighted by Crippen LogP contribution is 2.33. The second-order valence-electron chi connectivity index (χ2n) is 4.82. The van der Waals surface area contributed by atoms with Crippen molar-refractivity contribution in [1.29, 1.82) is 0 Å². The smallest absolute Gasteiger partial charge is 0.0361 e. The highest BCUT2D eigenvalue weighted by atomic mass is 15.1. The Kier molecular flexibility index (Phi) is 3.30. The first-order valence-electron chi connectivity index (χ1n) is 6.04. The largest absolute Gasteiger partial charge is 0.378 e. The van der Waals surface area contributed by atoms with E-state index in [0.717, 1.165) is 5.92 Å². The molecule has 0 amide bonds. The van der Waals surface area contributed by atoms with Crippen LogP contribution in [0.5, 0.6) is 0 Å². The number of hydrogen-bond acceptors (Lipinski definition) is 1. The molecule has 0 aliphatic heterocycles. The second kappa shape index (κ2) is 4.69. The Morgan fingerprint density at radius 1 is 0.933 bits per heavy atom. The van der Waals surface area contributed by atoms with Crippen LogP contribution in [-0.4, -0.2) is 14.1 Å². The van der Waals surface area contributed by atoms with E-state index in [-0.39, 0.29) is 0 Å². The minimum Gasteiger partial charge on any atom is -0.378 e. The van der Waals surface area contributed by atoms with Gasteiger partial charge in [0.05, 0.1) is 0 Å². The van der Waals surface area contributed by atoms with Crippen LogP contribution in [0.3, 0.4) is 0 Å². The van der Waals surface area contributed by atoms with Crippen LogP contribution in [0, 0.1) is 0 Å². The normalized spacial score (nSPS) is 17.7. The van der Waals surface area contributed by atoms with Crippen LogP contribution in [0.4, 0.5) is 5.69 Å². The predicted molar refractivity (Wildman–Crippen MR) is 66.6 cm³/mol. The van der Waals surface area contributed by atoms with Crippen molar-refractivity contribution in [2.45, 2.75) is 38.0 Å². The molecular weight excluding hydrogens is 182 g/mol. The van der Waals surface area contributed by atoms with E-state index >= 15 is 0 Å². The third-order valence-electron chi connectivity index (χ3n) is 3.49. The van der Waals surface area contributed by atoms with Gasteiger partial charge in [-0.25, -0.2) is 0 Å². The van der Waals surface area contributed by atoms with E-state index in [9.17, 15) is 0 Å². The van der Waals surface area contributed by atoms with Gasteiger partial charge in [-0.15, -0.1) is 0 Å². The standard InChI is InChI=1S/C14H21N/c1-15(2)14-10-8-13(9-11-14)12-6-4-3-5-7-12/h8-12H,3-7H2,1-2H3. The van der Waals surface area contributed by atoms with E-state index in [1.807, 2.05) is 0 Å². The Labute approximate surface area is 93.1 Å².